The average molecular weight is 363 g/mol. The van der Waals surface area contributed by atoms with Crippen LogP contribution in [0.25, 0.3) is 0 Å². The third-order valence-corrected chi connectivity index (χ3v) is 4.23. The molecule has 7 nitrogen and oxygen atoms in total. The number of ether oxygens (including phenoxy) is 2. The zero-order chi connectivity index (χ0) is 19.4. The molecule has 1 aromatic carbocycles. The Balaban J connectivity index is 2.55. The fourth-order valence-corrected chi connectivity index (χ4v) is 2.96. The lowest BCUT2D eigenvalue weighted by Crippen LogP contribution is -2.34. The van der Waals surface area contributed by atoms with Gasteiger partial charge in [-0.25, -0.2) is 0 Å². The van der Waals surface area contributed by atoms with Crippen LogP contribution in [0.5, 0.6) is 11.5 Å². The molecule has 142 valence electrons. The molecule has 0 saturated carbocycles. The lowest BCUT2D eigenvalue weighted by Gasteiger charge is -2.27. The maximum atomic E-state index is 12.7. The summed E-state index contributed by atoms with van der Waals surface area (Å²) in [5.74, 6) is -1.60. The Morgan fingerprint density at radius 1 is 1.31 bits per heavy atom. The molecular weight excluding hydrogens is 338 g/mol. The van der Waals surface area contributed by atoms with E-state index in [0.717, 1.165) is 0 Å². The molecule has 26 heavy (non-hydrogen) atoms. The number of amides is 1. The molecule has 1 heterocycles. The number of hydrogen-bond acceptors (Lipinski definition) is 6. The van der Waals surface area contributed by atoms with Crippen molar-refractivity contribution in [2.75, 3.05) is 26.9 Å². The van der Waals surface area contributed by atoms with Crippen molar-refractivity contribution in [3.8, 4) is 11.5 Å². The Morgan fingerprint density at radius 2 is 2.00 bits per heavy atom. The standard InChI is InChI=1S/C19H25NO6/c1-5-26-14-10-12(6-7-13(14)21)16-15(17(22)11(2)3)18(23)19(24)20(16)8-9-25-4/h6-7,10-11,16,21,23H,5,8-9H2,1-4H3. The summed E-state index contributed by atoms with van der Waals surface area (Å²) < 4.78 is 10.5. The topological polar surface area (TPSA) is 96.3 Å². The van der Waals surface area contributed by atoms with Gasteiger partial charge in [0.1, 0.15) is 0 Å². The number of nitrogens with zero attached hydrogens (tertiary/aromatic N) is 1. The quantitative estimate of drug-likeness (QED) is 0.736. The van der Waals surface area contributed by atoms with E-state index in [-0.39, 0.29) is 41.9 Å². The van der Waals surface area contributed by atoms with Crippen LogP contribution < -0.4 is 4.74 Å². The monoisotopic (exact) mass is 363 g/mol. The number of carbonyl (C=O) groups is 2. The number of methoxy groups -OCH3 is 1. The zero-order valence-corrected chi connectivity index (χ0v) is 15.5. The molecule has 1 amide bonds. The van der Waals surface area contributed by atoms with Gasteiger partial charge in [-0.1, -0.05) is 19.9 Å². The normalized spacial score (nSPS) is 17.3. The van der Waals surface area contributed by atoms with Gasteiger partial charge in [-0.2, -0.15) is 0 Å². The molecule has 1 unspecified atom stereocenters. The highest BCUT2D eigenvalue weighted by atomic mass is 16.5. The van der Waals surface area contributed by atoms with Crippen molar-refractivity contribution in [1.82, 2.24) is 4.90 Å². The molecule has 1 aliphatic heterocycles. The molecule has 0 radical (unpaired) electrons. The van der Waals surface area contributed by atoms with Crippen molar-refractivity contribution in [2.45, 2.75) is 26.8 Å². The lowest BCUT2D eigenvalue weighted by atomic mass is 9.91. The number of Topliss-reactive ketones (excluding diaryl/α,β-unsaturated/α-hetero) is 1. The third kappa shape index (κ3) is 3.67. The highest BCUT2D eigenvalue weighted by Crippen LogP contribution is 2.41. The van der Waals surface area contributed by atoms with E-state index >= 15 is 0 Å². The summed E-state index contributed by atoms with van der Waals surface area (Å²) >= 11 is 0. The minimum atomic E-state index is -0.757. The van der Waals surface area contributed by atoms with E-state index in [1.54, 1.807) is 32.9 Å². The number of phenols is 1. The van der Waals surface area contributed by atoms with Crippen LogP contribution in [0.1, 0.15) is 32.4 Å². The number of hydrogen-bond donors (Lipinski definition) is 2. The number of aliphatic hydroxyl groups excluding tert-OH is 1. The number of ketones is 1. The summed E-state index contributed by atoms with van der Waals surface area (Å²) in [6, 6.07) is 3.89. The van der Waals surface area contributed by atoms with E-state index in [4.69, 9.17) is 9.47 Å². The minimum Gasteiger partial charge on any atom is -0.504 e. The number of phenolic OH excluding ortho intramolecular Hbond substituents is 1. The van der Waals surface area contributed by atoms with Gasteiger partial charge < -0.3 is 24.6 Å². The van der Waals surface area contributed by atoms with Crippen LogP contribution in [0.4, 0.5) is 0 Å². The summed E-state index contributed by atoms with van der Waals surface area (Å²) in [6.07, 6.45) is 0. The predicted octanol–water partition coefficient (Wildman–Crippen LogP) is 2.36. The Hall–Kier alpha value is -2.54. The summed E-state index contributed by atoms with van der Waals surface area (Å²) in [7, 11) is 1.51. The number of rotatable bonds is 8. The Labute approximate surface area is 152 Å². The van der Waals surface area contributed by atoms with Crippen molar-refractivity contribution >= 4 is 11.7 Å². The van der Waals surface area contributed by atoms with E-state index in [9.17, 15) is 19.8 Å². The van der Waals surface area contributed by atoms with Crippen LogP contribution in [0, 0.1) is 5.92 Å². The molecule has 1 aromatic rings. The van der Waals surface area contributed by atoms with Gasteiger partial charge in [-0.3, -0.25) is 9.59 Å². The fourth-order valence-electron chi connectivity index (χ4n) is 2.96. The molecule has 0 bridgehead atoms. The van der Waals surface area contributed by atoms with E-state index in [1.807, 2.05) is 0 Å². The molecule has 0 spiro atoms. The lowest BCUT2D eigenvalue weighted by molar-refractivity contribution is -0.130. The van der Waals surface area contributed by atoms with E-state index in [1.165, 1.54) is 18.1 Å². The highest BCUT2D eigenvalue weighted by Gasteiger charge is 2.43. The van der Waals surface area contributed by atoms with Gasteiger partial charge in [0.2, 0.25) is 0 Å². The first-order valence-electron chi connectivity index (χ1n) is 8.56. The second-order valence-electron chi connectivity index (χ2n) is 6.34. The van der Waals surface area contributed by atoms with Crippen LogP contribution >= 0.6 is 0 Å². The van der Waals surface area contributed by atoms with E-state index in [2.05, 4.69) is 0 Å². The van der Waals surface area contributed by atoms with Crippen molar-refractivity contribution in [3.05, 3.63) is 35.1 Å². The average Bonchev–Trinajstić information content (AvgIpc) is 2.85. The maximum Gasteiger partial charge on any atom is 0.290 e. The molecule has 1 atom stereocenters. The smallest absolute Gasteiger partial charge is 0.290 e. The highest BCUT2D eigenvalue weighted by molar-refractivity contribution is 6.09. The van der Waals surface area contributed by atoms with Gasteiger partial charge in [-0.15, -0.1) is 0 Å². The first-order valence-corrected chi connectivity index (χ1v) is 8.56. The van der Waals surface area contributed by atoms with Gasteiger partial charge in [0.15, 0.2) is 23.0 Å². The summed E-state index contributed by atoms with van der Waals surface area (Å²) in [4.78, 5) is 26.6. The van der Waals surface area contributed by atoms with Gasteiger partial charge in [0, 0.05) is 19.6 Å². The van der Waals surface area contributed by atoms with Crippen LogP contribution in [-0.4, -0.2) is 53.7 Å². The molecule has 0 aliphatic carbocycles. The third-order valence-electron chi connectivity index (χ3n) is 4.23. The van der Waals surface area contributed by atoms with Crippen LogP contribution in [0.15, 0.2) is 29.5 Å². The molecule has 1 aliphatic rings. The predicted molar refractivity (Wildman–Crippen MR) is 95.1 cm³/mol. The molecular formula is C19H25NO6. The summed E-state index contributed by atoms with van der Waals surface area (Å²) in [5.41, 5.74) is 0.637. The first kappa shape index (κ1) is 19.8. The molecule has 2 rings (SSSR count). The van der Waals surface area contributed by atoms with Crippen molar-refractivity contribution in [3.63, 3.8) is 0 Å². The molecule has 2 N–H and O–H groups in total. The van der Waals surface area contributed by atoms with Gasteiger partial charge in [-0.05, 0) is 24.6 Å². The number of carbonyl (C=O) groups excluding carboxylic acids is 2. The van der Waals surface area contributed by atoms with Crippen molar-refractivity contribution in [2.24, 2.45) is 5.92 Å². The first-order chi connectivity index (χ1) is 12.3. The molecule has 7 heteroatoms. The zero-order valence-electron chi connectivity index (χ0n) is 15.5. The van der Waals surface area contributed by atoms with Crippen LogP contribution in [-0.2, 0) is 14.3 Å². The Bertz CT molecular complexity index is 725. The number of benzene rings is 1. The van der Waals surface area contributed by atoms with Crippen LogP contribution in [0.3, 0.4) is 0 Å². The Morgan fingerprint density at radius 3 is 2.58 bits per heavy atom. The molecule has 0 fully saturated rings. The van der Waals surface area contributed by atoms with Gasteiger partial charge in [0.25, 0.3) is 5.91 Å². The summed E-state index contributed by atoms with van der Waals surface area (Å²) in [6.45, 7) is 6.04. The van der Waals surface area contributed by atoms with Gasteiger partial charge >= 0.3 is 0 Å². The SMILES string of the molecule is CCOc1cc(C2C(C(=O)C(C)C)=C(O)C(=O)N2CCOC)ccc1O. The second kappa shape index (κ2) is 8.23. The summed E-state index contributed by atoms with van der Waals surface area (Å²) in [5, 5.41) is 20.3. The minimum absolute atomic E-state index is 0.0340. The second-order valence-corrected chi connectivity index (χ2v) is 6.34. The van der Waals surface area contributed by atoms with Crippen molar-refractivity contribution < 1.29 is 29.3 Å². The largest absolute Gasteiger partial charge is 0.504 e. The Kier molecular flexibility index (Phi) is 6.26. The number of aliphatic hydroxyl groups is 1. The van der Waals surface area contributed by atoms with Crippen LogP contribution in [0.2, 0.25) is 0 Å². The van der Waals surface area contributed by atoms with E-state index < -0.39 is 17.7 Å². The molecule has 0 aromatic heterocycles. The van der Waals surface area contributed by atoms with Crippen molar-refractivity contribution in [1.29, 1.82) is 0 Å². The maximum absolute atomic E-state index is 12.7. The number of aromatic hydroxyl groups is 1. The van der Waals surface area contributed by atoms with E-state index in [0.29, 0.717) is 12.2 Å². The fraction of sp³-hybridized carbons (Fsp3) is 0.474. The molecule has 0 saturated heterocycles. The van der Waals surface area contributed by atoms with Gasteiger partial charge in [0.05, 0.1) is 24.8 Å².